The summed E-state index contributed by atoms with van der Waals surface area (Å²) in [6.07, 6.45) is -0.771. The molecule has 0 bridgehead atoms. The van der Waals surface area contributed by atoms with Crippen molar-refractivity contribution in [2.45, 2.75) is 6.10 Å². The maximum atomic E-state index is 12.4. The Balaban J connectivity index is 1.66. The molecule has 8 nitrogen and oxygen atoms in total. The van der Waals surface area contributed by atoms with E-state index in [-0.39, 0.29) is 25.7 Å². The van der Waals surface area contributed by atoms with E-state index in [0.29, 0.717) is 28.2 Å². The lowest BCUT2D eigenvalue weighted by atomic mass is 10.1. The molecule has 1 aromatic heterocycles. The van der Waals surface area contributed by atoms with Gasteiger partial charge in [0.25, 0.3) is 5.91 Å². The summed E-state index contributed by atoms with van der Waals surface area (Å²) in [6.45, 7) is 0.0204. The number of amides is 1. The summed E-state index contributed by atoms with van der Waals surface area (Å²) in [5, 5.41) is 12.8. The van der Waals surface area contributed by atoms with E-state index >= 15 is 0 Å². The molecule has 8 heteroatoms. The van der Waals surface area contributed by atoms with E-state index in [0.717, 1.165) is 5.39 Å². The lowest BCUT2D eigenvalue weighted by Gasteiger charge is -2.11. The number of fused-ring (bicyclic) bond motifs is 1. The minimum Gasteiger partial charge on any atom is -0.497 e. The van der Waals surface area contributed by atoms with Gasteiger partial charge in [-0.2, -0.15) is 0 Å². The highest BCUT2D eigenvalue weighted by molar-refractivity contribution is 5.83. The zero-order valence-corrected chi connectivity index (χ0v) is 16.7. The number of hydrogen-bond donors (Lipinski definition) is 2. The summed E-state index contributed by atoms with van der Waals surface area (Å²) in [6, 6.07) is 13.7. The molecule has 2 aromatic carbocycles. The molecule has 3 aromatic rings. The number of benzene rings is 2. The van der Waals surface area contributed by atoms with Gasteiger partial charge in [-0.3, -0.25) is 4.79 Å². The first-order chi connectivity index (χ1) is 14.5. The normalized spacial score (nSPS) is 11.8. The molecule has 1 heterocycles. The number of nitrogens with one attached hydrogen (secondary N) is 1. The van der Waals surface area contributed by atoms with E-state index < -0.39 is 11.7 Å². The number of ether oxygens (including phenoxy) is 3. The van der Waals surface area contributed by atoms with Crippen molar-refractivity contribution in [1.82, 2.24) is 5.32 Å². The van der Waals surface area contributed by atoms with Crippen LogP contribution in [0.4, 0.5) is 0 Å². The Morgan fingerprint density at radius 3 is 2.53 bits per heavy atom. The van der Waals surface area contributed by atoms with E-state index in [9.17, 15) is 14.7 Å². The van der Waals surface area contributed by atoms with Crippen molar-refractivity contribution in [2.24, 2.45) is 0 Å². The lowest BCUT2D eigenvalue weighted by molar-refractivity contribution is -0.123. The average molecular weight is 413 g/mol. The van der Waals surface area contributed by atoms with E-state index in [2.05, 4.69) is 5.32 Å². The van der Waals surface area contributed by atoms with Crippen molar-refractivity contribution >= 4 is 16.9 Å². The van der Waals surface area contributed by atoms with E-state index in [1.54, 1.807) is 55.6 Å². The number of carbonyl (C=O) groups is 1. The molecular weight excluding hydrogens is 390 g/mol. The van der Waals surface area contributed by atoms with E-state index in [1.807, 2.05) is 0 Å². The van der Waals surface area contributed by atoms with Gasteiger partial charge in [-0.15, -0.1) is 0 Å². The highest BCUT2D eigenvalue weighted by Crippen LogP contribution is 2.25. The second kappa shape index (κ2) is 9.91. The standard InChI is InChI=1S/C22H23NO7/c1-27-12-16(24)11-23-21(25)13-29-17-5-3-14(4-6-17)19-10-15-9-18(28-2)7-8-20(15)30-22(19)26/h3-10,16,24H,11-13H2,1-2H3,(H,23,25). The number of carbonyl (C=O) groups excluding carboxylic acids is 1. The Bertz CT molecular complexity index is 1060. The largest absolute Gasteiger partial charge is 0.497 e. The molecule has 0 aliphatic heterocycles. The molecule has 0 aliphatic carbocycles. The third-order valence-electron chi connectivity index (χ3n) is 4.37. The van der Waals surface area contributed by atoms with Crippen LogP contribution in [0.5, 0.6) is 11.5 Å². The van der Waals surface area contributed by atoms with Crippen LogP contribution in [-0.2, 0) is 9.53 Å². The van der Waals surface area contributed by atoms with Gasteiger partial charge in [0.2, 0.25) is 0 Å². The molecular formula is C22H23NO7. The summed E-state index contributed by atoms with van der Waals surface area (Å²) >= 11 is 0. The molecule has 0 aliphatic rings. The van der Waals surface area contributed by atoms with Gasteiger partial charge in [-0.05, 0) is 42.0 Å². The van der Waals surface area contributed by atoms with E-state index in [4.69, 9.17) is 18.6 Å². The third kappa shape index (κ3) is 5.37. The molecule has 1 atom stereocenters. The zero-order valence-electron chi connectivity index (χ0n) is 16.7. The first-order valence-electron chi connectivity index (χ1n) is 9.29. The second-order valence-corrected chi connectivity index (χ2v) is 6.58. The van der Waals surface area contributed by atoms with Crippen molar-refractivity contribution < 1.29 is 28.5 Å². The van der Waals surface area contributed by atoms with Gasteiger partial charge < -0.3 is 29.1 Å². The van der Waals surface area contributed by atoms with Crippen molar-refractivity contribution in [3.8, 4) is 22.6 Å². The average Bonchev–Trinajstić information content (AvgIpc) is 2.76. The van der Waals surface area contributed by atoms with Crippen LogP contribution in [0.15, 0.2) is 57.7 Å². The molecule has 1 amide bonds. The first-order valence-corrected chi connectivity index (χ1v) is 9.29. The quantitative estimate of drug-likeness (QED) is 0.517. The van der Waals surface area contributed by atoms with Crippen molar-refractivity contribution in [2.75, 3.05) is 34.0 Å². The van der Waals surface area contributed by atoms with Gasteiger partial charge in [-0.1, -0.05) is 12.1 Å². The molecule has 158 valence electrons. The summed E-state index contributed by atoms with van der Waals surface area (Å²) in [5.41, 5.74) is 1.10. The van der Waals surface area contributed by atoms with Crippen LogP contribution in [0, 0.1) is 0 Å². The van der Waals surface area contributed by atoms with Gasteiger partial charge in [0.15, 0.2) is 6.61 Å². The third-order valence-corrected chi connectivity index (χ3v) is 4.37. The predicted octanol–water partition coefficient (Wildman–Crippen LogP) is 1.97. The van der Waals surface area contributed by atoms with Crippen LogP contribution >= 0.6 is 0 Å². The number of methoxy groups -OCH3 is 2. The van der Waals surface area contributed by atoms with Crippen molar-refractivity contribution in [3.05, 3.63) is 59.0 Å². The summed E-state index contributed by atoms with van der Waals surface area (Å²) in [5.74, 6) is 0.774. The fourth-order valence-electron chi connectivity index (χ4n) is 2.84. The summed E-state index contributed by atoms with van der Waals surface area (Å²) in [7, 11) is 3.04. The topological polar surface area (TPSA) is 107 Å². The van der Waals surface area contributed by atoms with Crippen LogP contribution in [0.1, 0.15) is 0 Å². The predicted molar refractivity (Wildman–Crippen MR) is 111 cm³/mol. The fraction of sp³-hybridized carbons (Fsp3) is 0.273. The Hall–Kier alpha value is -3.36. The number of aliphatic hydroxyl groups is 1. The Labute approximate surface area is 173 Å². The minimum absolute atomic E-state index is 0.0809. The SMILES string of the molecule is COCC(O)CNC(=O)COc1ccc(-c2cc3cc(OC)ccc3oc2=O)cc1. The minimum atomic E-state index is -0.771. The molecule has 0 saturated carbocycles. The Morgan fingerprint density at radius 2 is 1.83 bits per heavy atom. The van der Waals surface area contributed by atoms with Crippen LogP contribution in [0.25, 0.3) is 22.1 Å². The molecule has 0 fully saturated rings. The van der Waals surface area contributed by atoms with Crippen LogP contribution in [0.2, 0.25) is 0 Å². The monoisotopic (exact) mass is 413 g/mol. The van der Waals surface area contributed by atoms with Gasteiger partial charge in [0, 0.05) is 19.0 Å². The van der Waals surface area contributed by atoms with Gasteiger partial charge in [0.1, 0.15) is 17.1 Å². The smallest absolute Gasteiger partial charge is 0.344 e. The fourth-order valence-corrected chi connectivity index (χ4v) is 2.84. The Kier molecular flexibility index (Phi) is 7.05. The molecule has 2 N–H and O–H groups in total. The highest BCUT2D eigenvalue weighted by Gasteiger charge is 2.10. The van der Waals surface area contributed by atoms with Gasteiger partial charge in [-0.25, -0.2) is 4.79 Å². The van der Waals surface area contributed by atoms with Crippen LogP contribution in [0.3, 0.4) is 0 Å². The van der Waals surface area contributed by atoms with Crippen molar-refractivity contribution in [3.63, 3.8) is 0 Å². The first kappa shape index (κ1) is 21.4. The molecule has 1 unspecified atom stereocenters. The van der Waals surface area contributed by atoms with Crippen LogP contribution < -0.4 is 20.4 Å². The number of hydrogen-bond acceptors (Lipinski definition) is 7. The highest BCUT2D eigenvalue weighted by atomic mass is 16.5. The van der Waals surface area contributed by atoms with Crippen LogP contribution in [-0.4, -0.2) is 51.1 Å². The summed E-state index contributed by atoms with van der Waals surface area (Å²) in [4.78, 5) is 24.1. The van der Waals surface area contributed by atoms with Gasteiger partial charge in [0.05, 0.1) is 25.4 Å². The maximum Gasteiger partial charge on any atom is 0.344 e. The molecule has 0 radical (unpaired) electrons. The van der Waals surface area contributed by atoms with Gasteiger partial charge >= 0.3 is 5.63 Å². The molecule has 3 rings (SSSR count). The maximum absolute atomic E-state index is 12.4. The second-order valence-electron chi connectivity index (χ2n) is 6.58. The molecule has 30 heavy (non-hydrogen) atoms. The number of aliphatic hydroxyl groups excluding tert-OH is 1. The number of rotatable bonds is 9. The lowest BCUT2D eigenvalue weighted by Crippen LogP contribution is -2.36. The molecule has 0 spiro atoms. The Morgan fingerprint density at radius 1 is 1.10 bits per heavy atom. The summed E-state index contributed by atoms with van der Waals surface area (Å²) < 4.78 is 20.8. The van der Waals surface area contributed by atoms with E-state index in [1.165, 1.54) is 7.11 Å². The van der Waals surface area contributed by atoms with Crippen molar-refractivity contribution in [1.29, 1.82) is 0 Å². The molecule has 0 saturated heterocycles. The zero-order chi connectivity index (χ0) is 21.5.